The lowest BCUT2D eigenvalue weighted by Crippen LogP contribution is -2.10. The monoisotopic (exact) mass is 355 g/mol. The lowest BCUT2D eigenvalue weighted by molar-refractivity contribution is 0.102. The zero-order chi connectivity index (χ0) is 17.2. The van der Waals surface area contributed by atoms with E-state index in [0.29, 0.717) is 21.7 Å². The molecule has 3 aromatic heterocycles. The standard InChI is InChI=1S/C17H10FN3O3S/c18-12-3-1-2-10(8-12)15-20-17(24-21-15)14-13(5-7-25-14)19-16(22)11-4-6-23-9-11/h1-9H,(H,19,22). The zero-order valence-corrected chi connectivity index (χ0v) is 13.4. The second-order valence-corrected chi connectivity index (χ2v) is 5.98. The van der Waals surface area contributed by atoms with Crippen LogP contribution in [-0.4, -0.2) is 16.0 Å². The number of nitrogens with zero attached hydrogens (tertiary/aromatic N) is 2. The number of aromatic nitrogens is 2. The van der Waals surface area contributed by atoms with Gasteiger partial charge in [-0.3, -0.25) is 4.79 Å². The molecule has 0 saturated heterocycles. The van der Waals surface area contributed by atoms with Crippen LogP contribution in [0.3, 0.4) is 0 Å². The minimum Gasteiger partial charge on any atom is -0.472 e. The largest absolute Gasteiger partial charge is 0.472 e. The van der Waals surface area contributed by atoms with Crippen molar-refractivity contribution in [3.8, 4) is 22.2 Å². The van der Waals surface area contributed by atoms with Gasteiger partial charge in [0.05, 0.1) is 17.5 Å². The van der Waals surface area contributed by atoms with Gasteiger partial charge in [-0.05, 0) is 29.6 Å². The Balaban J connectivity index is 1.61. The maximum atomic E-state index is 13.3. The number of carbonyl (C=O) groups is 1. The summed E-state index contributed by atoms with van der Waals surface area (Å²) in [5.74, 6) is -0.168. The molecule has 0 unspecified atom stereocenters. The fourth-order valence-corrected chi connectivity index (χ4v) is 2.99. The van der Waals surface area contributed by atoms with Gasteiger partial charge in [0.1, 0.15) is 17.0 Å². The number of benzene rings is 1. The Labute approximate surface area is 144 Å². The summed E-state index contributed by atoms with van der Waals surface area (Å²) in [5, 5.41) is 8.45. The molecule has 4 aromatic rings. The highest BCUT2D eigenvalue weighted by molar-refractivity contribution is 7.14. The molecule has 1 N–H and O–H groups in total. The molecule has 124 valence electrons. The van der Waals surface area contributed by atoms with Crippen LogP contribution in [0.2, 0.25) is 0 Å². The van der Waals surface area contributed by atoms with Gasteiger partial charge < -0.3 is 14.3 Å². The van der Waals surface area contributed by atoms with Gasteiger partial charge in [0.2, 0.25) is 5.82 Å². The van der Waals surface area contributed by atoms with Gasteiger partial charge in [-0.1, -0.05) is 17.3 Å². The topological polar surface area (TPSA) is 81.2 Å². The Morgan fingerprint density at radius 3 is 2.96 bits per heavy atom. The molecule has 1 amide bonds. The van der Waals surface area contributed by atoms with Gasteiger partial charge in [0.25, 0.3) is 11.8 Å². The van der Waals surface area contributed by atoms with Gasteiger partial charge in [-0.25, -0.2) is 4.39 Å². The van der Waals surface area contributed by atoms with Crippen LogP contribution in [0.4, 0.5) is 10.1 Å². The smallest absolute Gasteiger partial charge is 0.270 e. The van der Waals surface area contributed by atoms with Crippen molar-refractivity contribution in [3.05, 3.63) is 65.7 Å². The van der Waals surface area contributed by atoms with Gasteiger partial charge in [0, 0.05) is 5.56 Å². The number of hydrogen-bond donors (Lipinski definition) is 1. The molecule has 0 saturated carbocycles. The lowest BCUT2D eigenvalue weighted by Gasteiger charge is -2.02. The molecule has 8 heteroatoms. The first-order chi connectivity index (χ1) is 12.2. The van der Waals surface area contributed by atoms with E-state index in [4.69, 9.17) is 8.94 Å². The van der Waals surface area contributed by atoms with Crippen molar-refractivity contribution in [1.82, 2.24) is 10.1 Å². The zero-order valence-electron chi connectivity index (χ0n) is 12.6. The summed E-state index contributed by atoms with van der Waals surface area (Å²) in [4.78, 5) is 17.1. The van der Waals surface area contributed by atoms with E-state index in [9.17, 15) is 9.18 Å². The van der Waals surface area contributed by atoms with E-state index in [2.05, 4.69) is 15.5 Å². The van der Waals surface area contributed by atoms with Crippen molar-refractivity contribution in [2.45, 2.75) is 0 Å². The summed E-state index contributed by atoms with van der Waals surface area (Å²) in [6, 6.07) is 9.23. The number of thiophene rings is 1. The van der Waals surface area contributed by atoms with Crippen LogP contribution >= 0.6 is 11.3 Å². The van der Waals surface area contributed by atoms with Crippen molar-refractivity contribution < 1.29 is 18.1 Å². The Kier molecular flexibility index (Phi) is 3.87. The van der Waals surface area contributed by atoms with Crippen LogP contribution < -0.4 is 5.32 Å². The molecular formula is C17H10FN3O3S. The molecule has 1 aromatic carbocycles. The van der Waals surface area contributed by atoms with Gasteiger partial charge in [-0.15, -0.1) is 11.3 Å². The summed E-state index contributed by atoms with van der Waals surface area (Å²) in [7, 11) is 0. The number of nitrogens with one attached hydrogen (secondary N) is 1. The minimum absolute atomic E-state index is 0.247. The van der Waals surface area contributed by atoms with Crippen LogP contribution in [0, 0.1) is 5.82 Å². The fraction of sp³-hybridized carbons (Fsp3) is 0. The third-order valence-corrected chi connectivity index (χ3v) is 4.30. The second kappa shape index (κ2) is 6.33. The van der Waals surface area contributed by atoms with Crippen molar-refractivity contribution in [3.63, 3.8) is 0 Å². The molecule has 3 heterocycles. The molecule has 0 aliphatic heterocycles. The molecule has 4 rings (SSSR count). The van der Waals surface area contributed by atoms with Crippen LogP contribution in [-0.2, 0) is 0 Å². The Morgan fingerprint density at radius 2 is 2.16 bits per heavy atom. The van der Waals surface area contributed by atoms with E-state index in [1.54, 1.807) is 29.6 Å². The van der Waals surface area contributed by atoms with Gasteiger partial charge >= 0.3 is 0 Å². The first-order valence-corrected chi connectivity index (χ1v) is 8.10. The normalized spacial score (nSPS) is 10.8. The molecule has 0 spiro atoms. The summed E-state index contributed by atoms with van der Waals surface area (Å²) in [6.45, 7) is 0. The number of rotatable bonds is 4. The second-order valence-electron chi connectivity index (χ2n) is 5.06. The Hall–Kier alpha value is -3.26. The van der Waals surface area contributed by atoms with Crippen LogP contribution in [0.25, 0.3) is 22.2 Å². The minimum atomic E-state index is -0.381. The summed E-state index contributed by atoms with van der Waals surface area (Å²) < 4.78 is 23.5. The lowest BCUT2D eigenvalue weighted by atomic mass is 10.2. The van der Waals surface area contributed by atoms with E-state index >= 15 is 0 Å². The molecule has 0 aliphatic carbocycles. The molecule has 0 bridgehead atoms. The maximum Gasteiger partial charge on any atom is 0.270 e. The third-order valence-electron chi connectivity index (χ3n) is 3.40. The number of hydrogen-bond acceptors (Lipinski definition) is 6. The fourth-order valence-electron chi connectivity index (χ4n) is 2.22. The van der Waals surface area contributed by atoms with Crippen LogP contribution in [0.5, 0.6) is 0 Å². The van der Waals surface area contributed by atoms with Crippen LogP contribution in [0.1, 0.15) is 10.4 Å². The Morgan fingerprint density at radius 1 is 1.24 bits per heavy atom. The van der Waals surface area contributed by atoms with Gasteiger partial charge in [-0.2, -0.15) is 4.98 Å². The predicted octanol–water partition coefficient (Wildman–Crippen LogP) is 4.45. The van der Waals surface area contributed by atoms with E-state index in [1.807, 2.05) is 0 Å². The van der Waals surface area contributed by atoms with E-state index < -0.39 is 0 Å². The number of amides is 1. The summed E-state index contributed by atoms with van der Waals surface area (Å²) in [6.07, 6.45) is 2.78. The summed E-state index contributed by atoms with van der Waals surface area (Å²) >= 11 is 1.35. The molecule has 0 radical (unpaired) electrons. The van der Waals surface area contributed by atoms with E-state index in [0.717, 1.165) is 0 Å². The van der Waals surface area contributed by atoms with Crippen molar-refractivity contribution in [1.29, 1.82) is 0 Å². The summed E-state index contributed by atoms with van der Waals surface area (Å²) in [5.41, 5.74) is 1.46. The molecule has 6 nitrogen and oxygen atoms in total. The molecule has 0 atom stereocenters. The first-order valence-electron chi connectivity index (χ1n) is 7.22. The van der Waals surface area contributed by atoms with E-state index in [-0.39, 0.29) is 23.4 Å². The average Bonchev–Trinajstić information content (AvgIpc) is 3.36. The highest BCUT2D eigenvalue weighted by Crippen LogP contribution is 2.34. The van der Waals surface area contributed by atoms with Crippen molar-refractivity contribution >= 4 is 22.9 Å². The predicted molar refractivity (Wildman–Crippen MR) is 89.7 cm³/mol. The first kappa shape index (κ1) is 15.3. The SMILES string of the molecule is O=C(Nc1ccsc1-c1nc(-c2cccc(F)c2)no1)c1ccoc1. The molecule has 0 aliphatic rings. The highest BCUT2D eigenvalue weighted by Gasteiger charge is 2.18. The number of halogens is 1. The van der Waals surface area contributed by atoms with Crippen molar-refractivity contribution in [2.75, 3.05) is 5.32 Å². The number of furan rings is 1. The number of anilines is 1. The van der Waals surface area contributed by atoms with Gasteiger partial charge in [0.15, 0.2) is 0 Å². The quantitative estimate of drug-likeness (QED) is 0.585. The average molecular weight is 355 g/mol. The third kappa shape index (κ3) is 3.07. The maximum absolute atomic E-state index is 13.3. The highest BCUT2D eigenvalue weighted by atomic mass is 32.1. The van der Waals surface area contributed by atoms with Crippen molar-refractivity contribution in [2.24, 2.45) is 0 Å². The van der Waals surface area contributed by atoms with Crippen LogP contribution in [0.15, 0.2) is 63.2 Å². The number of carbonyl (C=O) groups excluding carboxylic acids is 1. The molecule has 25 heavy (non-hydrogen) atoms. The molecule has 0 fully saturated rings. The molecular weight excluding hydrogens is 345 g/mol. The van der Waals surface area contributed by atoms with E-state index in [1.165, 1.54) is 36.0 Å². The Bertz CT molecular complexity index is 1020.